The first kappa shape index (κ1) is 15.9. The average Bonchev–Trinajstić information content (AvgIpc) is 2.48. The van der Waals surface area contributed by atoms with Gasteiger partial charge in [-0.3, -0.25) is 0 Å². The number of aromatic amines is 1. The zero-order valence-corrected chi connectivity index (χ0v) is 14.5. The van der Waals surface area contributed by atoms with E-state index >= 15 is 0 Å². The second-order valence-corrected chi connectivity index (χ2v) is 5.66. The summed E-state index contributed by atoms with van der Waals surface area (Å²) in [6, 6.07) is 3.60. The maximum absolute atomic E-state index is 12.1. The summed E-state index contributed by atoms with van der Waals surface area (Å²) in [7, 11) is 0. The lowest BCUT2D eigenvalue weighted by Crippen LogP contribution is -3.00. The Morgan fingerprint density at radius 1 is 0.952 bits per heavy atom. The van der Waals surface area contributed by atoms with Gasteiger partial charge in [0.25, 0.3) is 0 Å². The number of pyridine rings is 1. The number of fused-ring (bicyclic) bond motifs is 3. The van der Waals surface area contributed by atoms with Crippen LogP contribution >= 0.6 is 15.9 Å². The predicted octanol–water partition coefficient (Wildman–Crippen LogP) is -0.496. The van der Waals surface area contributed by atoms with Gasteiger partial charge >= 0.3 is 11.3 Å². The molecule has 2 heterocycles. The predicted molar refractivity (Wildman–Crippen MR) is 80.0 cm³/mol. The van der Waals surface area contributed by atoms with Gasteiger partial charge in [-0.05, 0) is 31.5 Å². The molecule has 0 aliphatic carbocycles. The molecule has 3 rings (SSSR count). The normalized spacial score (nSPS) is 10.6. The van der Waals surface area contributed by atoms with Gasteiger partial charge in [0.2, 0.25) is 0 Å². The summed E-state index contributed by atoms with van der Waals surface area (Å²) in [4.78, 5) is 27.1. The minimum absolute atomic E-state index is 0. The third-order valence-corrected chi connectivity index (χ3v) is 3.82. The van der Waals surface area contributed by atoms with Crippen LogP contribution in [0.25, 0.3) is 21.5 Å². The van der Waals surface area contributed by atoms with Crippen molar-refractivity contribution in [2.75, 3.05) is 0 Å². The van der Waals surface area contributed by atoms with Crippen molar-refractivity contribution in [2.24, 2.45) is 0 Å². The molecule has 0 fully saturated rings. The van der Waals surface area contributed by atoms with E-state index < -0.39 is 11.3 Å². The maximum atomic E-state index is 12.1. The number of aryl methyl sites for hydroxylation is 2. The molecule has 4 nitrogen and oxygen atoms in total. The van der Waals surface area contributed by atoms with Crippen LogP contribution in [0.2, 0.25) is 0 Å². The molecule has 108 valence electrons. The molecule has 0 spiro atoms. The average molecular weight is 413 g/mol. The number of halogens is 2. The fraction of sp³-hybridized carbons (Fsp3) is 0.133. The third-order valence-electron chi connectivity index (χ3n) is 3.37. The van der Waals surface area contributed by atoms with E-state index in [-0.39, 0.29) is 17.0 Å². The van der Waals surface area contributed by atoms with Gasteiger partial charge < -0.3 is 21.4 Å². The van der Waals surface area contributed by atoms with Crippen molar-refractivity contribution in [1.29, 1.82) is 0 Å². The Labute approximate surface area is 138 Å². The molecular weight excluding hydrogens is 402 g/mol. The first-order valence-electron chi connectivity index (χ1n) is 6.06. The summed E-state index contributed by atoms with van der Waals surface area (Å²) in [6.07, 6.45) is 3.36. The van der Waals surface area contributed by atoms with Gasteiger partial charge in [-0.25, -0.2) is 14.6 Å². The molecule has 0 bridgehead atoms. The molecule has 0 unspecified atom stereocenters. The van der Waals surface area contributed by atoms with Gasteiger partial charge in [0.05, 0.1) is 5.39 Å². The van der Waals surface area contributed by atoms with Crippen molar-refractivity contribution in [3.8, 4) is 0 Å². The number of benzene rings is 1. The lowest BCUT2D eigenvalue weighted by molar-refractivity contribution is -0.376. The van der Waals surface area contributed by atoms with Crippen molar-refractivity contribution in [2.45, 2.75) is 13.8 Å². The Morgan fingerprint density at radius 3 is 2.29 bits per heavy atom. The van der Waals surface area contributed by atoms with E-state index in [2.05, 4.69) is 20.9 Å². The van der Waals surface area contributed by atoms with Crippen LogP contribution in [0.3, 0.4) is 0 Å². The van der Waals surface area contributed by atoms with Crippen LogP contribution < -0.4 is 33.2 Å². The van der Waals surface area contributed by atoms with E-state index in [1.807, 2.05) is 19.9 Å². The fourth-order valence-electron chi connectivity index (χ4n) is 2.53. The number of hydrogen-bond donors (Lipinski definition) is 0. The highest BCUT2D eigenvalue weighted by Crippen LogP contribution is 2.27. The molecule has 1 aromatic carbocycles. The quantitative estimate of drug-likeness (QED) is 0.500. The zero-order chi connectivity index (χ0) is 14.4. The molecule has 6 heteroatoms. The van der Waals surface area contributed by atoms with Crippen molar-refractivity contribution >= 4 is 37.5 Å². The number of hydrogen-bond acceptors (Lipinski definition) is 3. The molecule has 0 atom stereocenters. The van der Waals surface area contributed by atoms with Gasteiger partial charge in [0.15, 0.2) is 12.4 Å². The molecule has 2 aromatic heterocycles. The van der Waals surface area contributed by atoms with E-state index in [9.17, 15) is 9.59 Å². The highest BCUT2D eigenvalue weighted by atomic mass is 79.9. The number of nitrogens with one attached hydrogen (secondary N) is 1. The second-order valence-electron chi connectivity index (χ2n) is 4.75. The number of aromatic nitrogens is 1. The van der Waals surface area contributed by atoms with Crippen molar-refractivity contribution < 1.29 is 26.4 Å². The van der Waals surface area contributed by atoms with Gasteiger partial charge in [-0.2, -0.15) is 0 Å². The van der Waals surface area contributed by atoms with Crippen LogP contribution in [0.15, 0.2) is 43.0 Å². The summed E-state index contributed by atoms with van der Waals surface area (Å²) in [5.41, 5.74) is 0.555. The highest BCUT2D eigenvalue weighted by Gasteiger charge is 2.14. The summed E-state index contributed by atoms with van der Waals surface area (Å²) in [6.45, 7) is 3.80. The topological polar surface area (TPSA) is 61.4 Å². The molecule has 0 saturated carbocycles. The molecule has 0 amide bonds. The lowest BCUT2D eigenvalue weighted by Gasteiger charge is -2.02. The maximum Gasteiger partial charge on any atom is 0.352 e. The van der Waals surface area contributed by atoms with Crippen LogP contribution in [0, 0.1) is 13.8 Å². The van der Waals surface area contributed by atoms with E-state index in [0.29, 0.717) is 10.8 Å². The first-order chi connectivity index (χ1) is 9.49. The SMILES string of the molecule is Cc1c[nH+]cc2c(=O)oc(=O)c3cc(Br)cc(C)c3c12.[Br-]. The van der Waals surface area contributed by atoms with Crippen LogP contribution in [0.4, 0.5) is 0 Å². The number of H-pyrrole nitrogens is 1. The molecule has 3 aromatic rings. The van der Waals surface area contributed by atoms with Crippen LogP contribution in [-0.2, 0) is 0 Å². The van der Waals surface area contributed by atoms with Crippen molar-refractivity contribution in [3.05, 3.63) is 61.0 Å². The third kappa shape index (κ3) is 2.53. The van der Waals surface area contributed by atoms with E-state index in [4.69, 9.17) is 4.42 Å². The van der Waals surface area contributed by atoms with Crippen LogP contribution in [0.5, 0.6) is 0 Å². The smallest absolute Gasteiger partial charge is 0.352 e. The molecule has 0 radical (unpaired) electrons. The monoisotopic (exact) mass is 411 g/mol. The van der Waals surface area contributed by atoms with Gasteiger partial charge in [0, 0.05) is 20.8 Å². The molecular formula is C15H11Br2NO3. The molecule has 0 aliphatic heterocycles. The summed E-state index contributed by atoms with van der Waals surface area (Å²) >= 11 is 3.37. The Kier molecular flexibility index (Phi) is 4.30. The summed E-state index contributed by atoms with van der Waals surface area (Å²) in [5.74, 6) is 0. The van der Waals surface area contributed by atoms with Gasteiger partial charge in [-0.15, -0.1) is 0 Å². The molecule has 1 N–H and O–H groups in total. The summed E-state index contributed by atoms with van der Waals surface area (Å²) < 4.78 is 5.69. The summed E-state index contributed by atoms with van der Waals surface area (Å²) in [5, 5.41) is 2.28. The van der Waals surface area contributed by atoms with Gasteiger partial charge in [-0.1, -0.05) is 15.9 Å². The van der Waals surface area contributed by atoms with Crippen LogP contribution in [-0.4, -0.2) is 0 Å². The zero-order valence-electron chi connectivity index (χ0n) is 11.3. The largest absolute Gasteiger partial charge is 1.00 e. The van der Waals surface area contributed by atoms with Crippen molar-refractivity contribution in [3.63, 3.8) is 0 Å². The highest BCUT2D eigenvalue weighted by molar-refractivity contribution is 9.10. The van der Waals surface area contributed by atoms with Crippen LogP contribution in [0.1, 0.15) is 11.1 Å². The van der Waals surface area contributed by atoms with E-state index in [1.54, 1.807) is 18.5 Å². The Bertz CT molecular complexity index is 980. The standard InChI is InChI=1S/C15H10BrNO3.BrH/c1-7-3-9(16)4-10-12(7)13-8(2)5-17-6-11(13)15(19)20-14(10)18;/h3-6H,1-2H3;1H. The molecule has 0 saturated heterocycles. The fourth-order valence-corrected chi connectivity index (χ4v) is 3.10. The first-order valence-corrected chi connectivity index (χ1v) is 6.86. The van der Waals surface area contributed by atoms with Crippen molar-refractivity contribution in [1.82, 2.24) is 0 Å². The molecule has 21 heavy (non-hydrogen) atoms. The Hall–Kier alpha value is -1.53. The lowest BCUT2D eigenvalue weighted by atomic mass is 10.0. The Morgan fingerprint density at radius 2 is 1.57 bits per heavy atom. The van der Waals surface area contributed by atoms with Gasteiger partial charge in [0.1, 0.15) is 5.39 Å². The number of rotatable bonds is 0. The minimum Gasteiger partial charge on any atom is -1.00 e. The second kappa shape index (κ2) is 5.69. The van der Waals surface area contributed by atoms with E-state index in [1.165, 1.54) is 0 Å². The van der Waals surface area contributed by atoms with E-state index in [0.717, 1.165) is 26.4 Å². The molecule has 0 aliphatic rings. The Balaban J connectivity index is 0.00000161. The minimum atomic E-state index is -0.628.